The molecule has 2 saturated heterocycles. The number of ketones is 1. The van der Waals surface area contributed by atoms with Crippen LogP contribution in [0.5, 0.6) is 0 Å². The van der Waals surface area contributed by atoms with Gasteiger partial charge in [0.2, 0.25) is 0 Å². The molecule has 2 aliphatic rings. The van der Waals surface area contributed by atoms with Crippen molar-refractivity contribution in [1.29, 1.82) is 0 Å². The summed E-state index contributed by atoms with van der Waals surface area (Å²) in [6.45, 7) is 1.96. The first kappa shape index (κ1) is 24.1. The third kappa shape index (κ3) is 6.29. The Kier molecular flexibility index (Phi) is 8.29. The Balaban J connectivity index is 1.49. The van der Waals surface area contributed by atoms with Gasteiger partial charge in [0.25, 0.3) is 0 Å². The van der Waals surface area contributed by atoms with E-state index in [-0.39, 0.29) is 37.0 Å². The van der Waals surface area contributed by atoms with Gasteiger partial charge in [-0.3, -0.25) is 4.79 Å². The molecule has 2 aromatic carbocycles. The van der Waals surface area contributed by atoms with Gasteiger partial charge < -0.3 is 28.8 Å². The number of fused-ring (bicyclic) bond motifs is 1. The Hall–Kier alpha value is -2.07. The molecule has 6 atom stereocenters. The lowest BCUT2D eigenvalue weighted by Crippen LogP contribution is -2.61. The van der Waals surface area contributed by atoms with Crippen molar-refractivity contribution >= 4 is 22.7 Å². The molecule has 0 amide bonds. The van der Waals surface area contributed by atoms with Gasteiger partial charge in [0, 0.05) is 18.4 Å². The molecule has 2 aromatic rings. The average Bonchev–Trinajstić information content (AvgIpc) is 2.84. The molecule has 0 radical (unpaired) electrons. The van der Waals surface area contributed by atoms with E-state index in [2.05, 4.69) is 0 Å². The van der Waals surface area contributed by atoms with Gasteiger partial charge >= 0.3 is 0 Å². The number of ether oxygens (including phenoxy) is 4. The van der Waals surface area contributed by atoms with Gasteiger partial charge in [-0.1, -0.05) is 72.4 Å². The number of aliphatic hydroxyl groups excluding tert-OH is 1. The van der Waals surface area contributed by atoms with E-state index in [9.17, 15) is 14.7 Å². The molecular weight excluding hydrogens is 444 g/mol. The van der Waals surface area contributed by atoms with Crippen LogP contribution in [-0.2, 0) is 35.1 Å². The van der Waals surface area contributed by atoms with E-state index < -0.39 is 36.1 Å². The lowest BCUT2D eigenvalue weighted by molar-refractivity contribution is -0.325. The number of Topliss-reactive ketones (excluding diaryl/α,β-unsaturated/α-hetero) is 1. The van der Waals surface area contributed by atoms with Crippen molar-refractivity contribution in [1.82, 2.24) is 0 Å². The zero-order chi connectivity index (χ0) is 23.2. The quantitative estimate of drug-likeness (QED) is 0.625. The molecule has 176 valence electrons. The molecule has 2 fully saturated rings. The van der Waals surface area contributed by atoms with Crippen molar-refractivity contribution in [2.75, 3.05) is 6.61 Å². The Morgan fingerprint density at radius 3 is 2.42 bits per heavy atom. The van der Waals surface area contributed by atoms with Gasteiger partial charge in [-0.25, -0.2) is 0 Å². The molecule has 0 bridgehead atoms. The summed E-state index contributed by atoms with van der Waals surface area (Å²) in [5.74, 6) is -0.0563. The molecule has 2 aliphatic heterocycles. The SMILES string of the molecule is CC(=O)CCC(=O)S[C@@H]1O[C@@H]2COC(c3ccccc3)O[C@H]2[C@H](OCc2ccccc2)[C@H]1O. The molecular formula is C25H28O7S. The molecule has 33 heavy (non-hydrogen) atoms. The third-order valence-electron chi connectivity index (χ3n) is 5.59. The van der Waals surface area contributed by atoms with Crippen LogP contribution in [0.3, 0.4) is 0 Å². The summed E-state index contributed by atoms with van der Waals surface area (Å²) in [5, 5.41) is 10.9. The normalized spacial score (nSPS) is 29.3. The molecule has 1 unspecified atom stereocenters. The highest BCUT2D eigenvalue weighted by molar-refractivity contribution is 8.14. The molecule has 2 heterocycles. The summed E-state index contributed by atoms with van der Waals surface area (Å²) >= 11 is 0.894. The third-order valence-corrected chi connectivity index (χ3v) is 6.68. The molecule has 0 saturated carbocycles. The summed E-state index contributed by atoms with van der Waals surface area (Å²) in [5.41, 5.74) is 0.983. The van der Waals surface area contributed by atoms with E-state index >= 15 is 0 Å². The number of benzene rings is 2. The van der Waals surface area contributed by atoms with Gasteiger partial charge in [0.15, 0.2) is 11.4 Å². The van der Waals surface area contributed by atoms with Crippen molar-refractivity contribution in [3.63, 3.8) is 0 Å². The Bertz CT molecular complexity index is 923. The highest BCUT2D eigenvalue weighted by Crippen LogP contribution is 2.38. The standard InChI is InChI=1S/C25H28O7S/c1-16(26)12-13-20(27)33-25-21(28)23(29-14-17-8-4-2-5-9-17)22-19(31-25)15-30-24(32-22)18-10-6-3-7-11-18/h2-11,19,21-25,28H,12-15H2,1H3/t19-,21-,22-,23-,24?,25+/m1/s1. The smallest absolute Gasteiger partial charge is 0.191 e. The van der Waals surface area contributed by atoms with Crippen LogP contribution in [0, 0.1) is 0 Å². The highest BCUT2D eigenvalue weighted by atomic mass is 32.2. The Morgan fingerprint density at radius 1 is 1.03 bits per heavy atom. The zero-order valence-electron chi connectivity index (χ0n) is 18.4. The van der Waals surface area contributed by atoms with Gasteiger partial charge in [-0.2, -0.15) is 0 Å². The number of hydrogen-bond acceptors (Lipinski definition) is 8. The van der Waals surface area contributed by atoms with E-state index in [1.54, 1.807) is 0 Å². The number of thioether (sulfide) groups is 1. The van der Waals surface area contributed by atoms with E-state index in [1.807, 2.05) is 60.7 Å². The average molecular weight is 473 g/mol. The second kappa shape index (κ2) is 11.4. The summed E-state index contributed by atoms with van der Waals surface area (Å²) in [7, 11) is 0. The summed E-state index contributed by atoms with van der Waals surface area (Å²) in [4.78, 5) is 23.6. The maximum Gasteiger partial charge on any atom is 0.191 e. The second-order valence-electron chi connectivity index (χ2n) is 8.16. The fourth-order valence-electron chi connectivity index (χ4n) is 3.86. The van der Waals surface area contributed by atoms with Crippen LogP contribution in [0.25, 0.3) is 0 Å². The highest BCUT2D eigenvalue weighted by Gasteiger charge is 2.50. The van der Waals surface area contributed by atoms with Gasteiger partial charge in [-0.05, 0) is 12.5 Å². The molecule has 1 N–H and O–H groups in total. The van der Waals surface area contributed by atoms with Crippen molar-refractivity contribution in [2.45, 2.75) is 62.5 Å². The fraction of sp³-hybridized carbons (Fsp3) is 0.440. The monoisotopic (exact) mass is 472 g/mol. The largest absolute Gasteiger partial charge is 0.387 e. The predicted molar refractivity (Wildman–Crippen MR) is 122 cm³/mol. The minimum Gasteiger partial charge on any atom is -0.387 e. The molecule has 7 nitrogen and oxygen atoms in total. The number of hydrogen-bond donors (Lipinski definition) is 1. The van der Waals surface area contributed by atoms with Crippen LogP contribution in [-0.4, -0.2) is 52.5 Å². The van der Waals surface area contributed by atoms with Crippen LogP contribution in [0.4, 0.5) is 0 Å². The fourth-order valence-corrected chi connectivity index (χ4v) is 4.84. The van der Waals surface area contributed by atoms with Gasteiger partial charge in [0.1, 0.15) is 35.6 Å². The molecule has 0 aromatic heterocycles. The topological polar surface area (TPSA) is 91.3 Å². The maximum absolute atomic E-state index is 12.4. The Morgan fingerprint density at radius 2 is 1.73 bits per heavy atom. The van der Waals surface area contributed by atoms with Crippen molar-refractivity contribution in [2.24, 2.45) is 0 Å². The number of aliphatic hydroxyl groups is 1. The van der Waals surface area contributed by atoms with Gasteiger partial charge in [0.05, 0.1) is 13.2 Å². The maximum atomic E-state index is 12.4. The molecule has 4 rings (SSSR count). The van der Waals surface area contributed by atoms with E-state index in [0.29, 0.717) is 0 Å². The lowest BCUT2D eigenvalue weighted by Gasteiger charge is -2.47. The number of carbonyl (C=O) groups is 2. The first-order valence-electron chi connectivity index (χ1n) is 11.0. The van der Waals surface area contributed by atoms with Crippen molar-refractivity contribution in [3.8, 4) is 0 Å². The minimum atomic E-state index is -1.10. The predicted octanol–water partition coefficient (Wildman–Crippen LogP) is 3.40. The first-order valence-corrected chi connectivity index (χ1v) is 11.9. The Labute approximate surface area is 197 Å². The van der Waals surface area contributed by atoms with Crippen LogP contribution < -0.4 is 0 Å². The zero-order valence-corrected chi connectivity index (χ0v) is 19.2. The van der Waals surface area contributed by atoms with Crippen LogP contribution >= 0.6 is 11.8 Å². The summed E-state index contributed by atoms with van der Waals surface area (Å²) in [6.07, 6.45) is -3.25. The van der Waals surface area contributed by atoms with Crippen LogP contribution in [0.2, 0.25) is 0 Å². The molecule has 8 heteroatoms. The lowest BCUT2D eigenvalue weighted by atomic mass is 9.98. The minimum absolute atomic E-state index is 0.0563. The number of rotatable bonds is 8. The van der Waals surface area contributed by atoms with Crippen LogP contribution in [0.1, 0.15) is 37.2 Å². The molecule has 0 spiro atoms. The van der Waals surface area contributed by atoms with E-state index in [1.165, 1.54) is 6.92 Å². The van der Waals surface area contributed by atoms with E-state index in [0.717, 1.165) is 22.9 Å². The first-order chi connectivity index (χ1) is 16.0. The number of carbonyl (C=O) groups excluding carboxylic acids is 2. The van der Waals surface area contributed by atoms with Crippen molar-refractivity contribution < 1.29 is 33.6 Å². The van der Waals surface area contributed by atoms with Crippen molar-refractivity contribution in [3.05, 3.63) is 71.8 Å². The molecule has 0 aliphatic carbocycles. The van der Waals surface area contributed by atoms with Crippen LogP contribution in [0.15, 0.2) is 60.7 Å². The summed E-state index contributed by atoms with van der Waals surface area (Å²) in [6, 6.07) is 19.2. The van der Waals surface area contributed by atoms with E-state index in [4.69, 9.17) is 18.9 Å². The summed E-state index contributed by atoms with van der Waals surface area (Å²) < 4.78 is 24.3. The van der Waals surface area contributed by atoms with Gasteiger partial charge in [-0.15, -0.1) is 0 Å². The second-order valence-corrected chi connectivity index (χ2v) is 9.32.